The normalized spacial score (nSPS) is 25.9. The molecule has 3 rings (SSSR count). The first-order valence-electron chi connectivity index (χ1n) is 9.46. The quantitative estimate of drug-likeness (QED) is 0.843. The minimum atomic E-state index is -1.22. The van der Waals surface area contributed by atoms with Crippen LogP contribution in [0.3, 0.4) is 0 Å². The minimum absolute atomic E-state index is 0.0898. The molecule has 1 aliphatic carbocycles. The van der Waals surface area contributed by atoms with Gasteiger partial charge in [0, 0.05) is 25.7 Å². The third kappa shape index (κ3) is 4.37. The molecule has 1 unspecified atom stereocenters. The lowest BCUT2D eigenvalue weighted by atomic mass is 9.89. The molecule has 4 heteroatoms. The highest BCUT2D eigenvalue weighted by Gasteiger charge is 2.42. The molecule has 2 aliphatic rings. The molecule has 24 heavy (non-hydrogen) atoms. The number of carbonyl (C=O) groups is 1. The number of hydrogen-bond acceptors (Lipinski definition) is 3. The Hall–Kier alpha value is -1.39. The van der Waals surface area contributed by atoms with E-state index in [0.29, 0.717) is 25.6 Å². The van der Waals surface area contributed by atoms with Gasteiger partial charge in [-0.25, -0.2) is 0 Å². The fraction of sp³-hybridized carbons (Fsp3) is 0.650. The van der Waals surface area contributed by atoms with Crippen LogP contribution in [0.1, 0.15) is 50.5 Å². The Bertz CT molecular complexity index is 528. The van der Waals surface area contributed by atoms with Crippen LogP contribution in [-0.4, -0.2) is 47.2 Å². The van der Waals surface area contributed by atoms with Crippen molar-refractivity contribution in [2.45, 2.75) is 63.0 Å². The van der Waals surface area contributed by atoms with Crippen molar-refractivity contribution in [1.82, 2.24) is 10.2 Å². The number of nitrogens with zero attached hydrogens (tertiary/aromatic N) is 1. The summed E-state index contributed by atoms with van der Waals surface area (Å²) in [6, 6.07) is 10.7. The monoisotopic (exact) mass is 330 g/mol. The molecule has 1 heterocycles. The van der Waals surface area contributed by atoms with Crippen LogP contribution in [0, 0.1) is 0 Å². The van der Waals surface area contributed by atoms with Crippen LogP contribution in [0.4, 0.5) is 0 Å². The van der Waals surface area contributed by atoms with Crippen molar-refractivity contribution >= 4 is 5.91 Å². The number of benzene rings is 1. The summed E-state index contributed by atoms with van der Waals surface area (Å²) in [5.74, 6) is -0.0898. The summed E-state index contributed by atoms with van der Waals surface area (Å²) >= 11 is 0. The third-order valence-electron chi connectivity index (χ3n) is 5.51. The Morgan fingerprint density at radius 3 is 2.62 bits per heavy atom. The van der Waals surface area contributed by atoms with Crippen LogP contribution in [0.15, 0.2) is 30.3 Å². The van der Waals surface area contributed by atoms with Gasteiger partial charge in [-0.05, 0) is 37.7 Å². The number of amides is 1. The van der Waals surface area contributed by atoms with Gasteiger partial charge in [0.15, 0.2) is 5.60 Å². The lowest BCUT2D eigenvalue weighted by molar-refractivity contribution is -0.156. The molecule has 0 spiro atoms. The molecule has 1 aliphatic heterocycles. The van der Waals surface area contributed by atoms with Crippen LogP contribution in [0.5, 0.6) is 0 Å². The Balaban J connectivity index is 1.52. The molecular formula is C20H30N2O2. The predicted octanol–water partition coefficient (Wildman–Crippen LogP) is 2.50. The zero-order chi connectivity index (χ0) is 16.8. The van der Waals surface area contributed by atoms with Gasteiger partial charge in [0.25, 0.3) is 5.91 Å². The van der Waals surface area contributed by atoms with Crippen LogP contribution < -0.4 is 5.32 Å². The zero-order valence-electron chi connectivity index (χ0n) is 14.5. The maximum atomic E-state index is 12.8. The lowest BCUT2D eigenvalue weighted by Crippen LogP contribution is -2.59. The molecule has 1 amide bonds. The number of rotatable bonds is 6. The first-order chi connectivity index (χ1) is 11.7. The van der Waals surface area contributed by atoms with E-state index in [9.17, 15) is 9.90 Å². The van der Waals surface area contributed by atoms with Crippen LogP contribution in [0.2, 0.25) is 0 Å². The molecule has 1 saturated carbocycles. The predicted molar refractivity (Wildman–Crippen MR) is 95.8 cm³/mol. The topological polar surface area (TPSA) is 52.6 Å². The number of carbonyl (C=O) groups excluding carboxylic acids is 1. The zero-order valence-corrected chi connectivity index (χ0v) is 14.5. The second kappa shape index (κ2) is 8.13. The van der Waals surface area contributed by atoms with E-state index in [1.165, 1.54) is 37.7 Å². The average Bonchev–Trinajstić information content (AvgIpc) is 2.63. The minimum Gasteiger partial charge on any atom is -0.379 e. The summed E-state index contributed by atoms with van der Waals surface area (Å²) in [6.45, 7) is 1.85. The Morgan fingerprint density at radius 2 is 1.88 bits per heavy atom. The fourth-order valence-corrected chi connectivity index (χ4v) is 3.97. The number of hydrogen-bond donors (Lipinski definition) is 2. The highest BCUT2D eigenvalue weighted by Crippen LogP contribution is 2.24. The summed E-state index contributed by atoms with van der Waals surface area (Å²) in [5, 5.41) is 14.3. The van der Waals surface area contributed by atoms with Gasteiger partial charge in [-0.3, -0.25) is 4.79 Å². The highest BCUT2D eigenvalue weighted by molar-refractivity contribution is 5.86. The van der Waals surface area contributed by atoms with Crippen molar-refractivity contribution in [2.24, 2.45) is 0 Å². The van der Waals surface area contributed by atoms with Crippen LogP contribution in [0.25, 0.3) is 0 Å². The molecule has 4 nitrogen and oxygen atoms in total. The summed E-state index contributed by atoms with van der Waals surface area (Å²) in [6.07, 6.45) is 8.47. The van der Waals surface area contributed by atoms with E-state index >= 15 is 0 Å². The number of aliphatic hydroxyl groups is 1. The molecule has 1 atom stereocenters. The molecule has 132 valence electrons. The van der Waals surface area contributed by atoms with Crippen molar-refractivity contribution in [3.8, 4) is 0 Å². The van der Waals surface area contributed by atoms with Gasteiger partial charge >= 0.3 is 0 Å². The van der Waals surface area contributed by atoms with Gasteiger partial charge in [-0.15, -0.1) is 0 Å². The molecule has 1 saturated heterocycles. The molecule has 1 aromatic rings. The number of nitrogens with one attached hydrogen (secondary N) is 1. The molecule has 1 aromatic carbocycles. The summed E-state index contributed by atoms with van der Waals surface area (Å²) in [5.41, 5.74) is 0.0200. The Labute approximate surface area is 145 Å². The van der Waals surface area contributed by atoms with E-state index < -0.39 is 5.60 Å². The SMILES string of the molecule is O=C1N(CCc2ccccc2)CCCC1(O)CNC1CCCCC1. The smallest absolute Gasteiger partial charge is 0.255 e. The first kappa shape index (κ1) is 17.4. The van der Waals surface area contributed by atoms with Crippen molar-refractivity contribution in [3.05, 3.63) is 35.9 Å². The van der Waals surface area contributed by atoms with Gasteiger partial charge in [0.05, 0.1) is 0 Å². The van der Waals surface area contributed by atoms with Crippen LogP contribution in [-0.2, 0) is 11.2 Å². The fourth-order valence-electron chi connectivity index (χ4n) is 3.97. The van der Waals surface area contributed by atoms with Crippen molar-refractivity contribution in [1.29, 1.82) is 0 Å². The second-order valence-corrected chi connectivity index (χ2v) is 7.38. The van der Waals surface area contributed by atoms with Crippen molar-refractivity contribution < 1.29 is 9.90 Å². The molecule has 2 fully saturated rings. The van der Waals surface area contributed by atoms with Gasteiger partial charge in [-0.1, -0.05) is 49.6 Å². The maximum absolute atomic E-state index is 12.8. The third-order valence-corrected chi connectivity index (χ3v) is 5.51. The molecular weight excluding hydrogens is 300 g/mol. The van der Waals surface area contributed by atoms with E-state index in [2.05, 4.69) is 17.4 Å². The van der Waals surface area contributed by atoms with Gasteiger partial charge in [-0.2, -0.15) is 0 Å². The van der Waals surface area contributed by atoms with E-state index in [4.69, 9.17) is 0 Å². The average molecular weight is 330 g/mol. The summed E-state index contributed by atoms with van der Waals surface area (Å²) in [7, 11) is 0. The van der Waals surface area contributed by atoms with Crippen LogP contribution >= 0.6 is 0 Å². The highest BCUT2D eigenvalue weighted by atomic mass is 16.3. The molecule has 2 N–H and O–H groups in total. The van der Waals surface area contributed by atoms with E-state index in [1.54, 1.807) is 0 Å². The van der Waals surface area contributed by atoms with Crippen molar-refractivity contribution in [3.63, 3.8) is 0 Å². The Kier molecular flexibility index (Phi) is 5.90. The Morgan fingerprint density at radius 1 is 1.12 bits per heavy atom. The molecule has 0 bridgehead atoms. The first-order valence-corrected chi connectivity index (χ1v) is 9.46. The molecule has 0 radical (unpaired) electrons. The van der Waals surface area contributed by atoms with E-state index in [1.807, 2.05) is 23.1 Å². The standard InChI is InChI=1S/C20H30N2O2/c23-19-20(24,16-21-18-10-5-2-6-11-18)13-7-14-22(19)15-12-17-8-3-1-4-9-17/h1,3-4,8-9,18,21,24H,2,5-7,10-16H2. The van der Waals surface area contributed by atoms with Gasteiger partial charge in [0.1, 0.15) is 0 Å². The van der Waals surface area contributed by atoms with E-state index in [-0.39, 0.29) is 5.91 Å². The number of likely N-dealkylation sites (tertiary alicyclic amines) is 1. The largest absolute Gasteiger partial charge is 0.379 e. The van der Waals surface area contributed by atoms with Gasteiger partial charge < -0.3 is 15.3 Å². The summed E-state index contributed by atoms with van der Waals surface area (Å²) in [4.78, 5) is 14.6. The summed E-state index contributed by atoms with van der Waals surface area (Å²) < 4.78 is 0. The van der Waals surface area contributed by atoms with Crippen molar-refractivity contribution in [2.75, 3.05) is 19.6 Å². The van der Waals surface area contributed by atoms with E-state index in [0.717, 1.165) is 19.4 Å². The molecule has 0 aromatic heterocycles. The maximum Gasteiger partial charge on any atom is 0.255 e. The number of piperidine rings is 1. The lowest BCUT2D eigenvalue weighted by Gasteiger charge is -2.39. The van der Waals surface area contributed by atoms with Gasteiger partial charge in [0.2, 0.25) is 0 Å². The second-order valence-electron chi connectivity index (χ2n) is 7.38.